The standard InChI is InChI=1S/C23H29N3O3S/c1-3-29-20-7-5-4-6-18(20)15-25-11-8-19(9-12-25)23(2)21(27)26(22(28)24-23)14-17-10-13-30-16-17/h4-7,10,13,16,19H,3,8-9,11-12,14-15H2,1-2H3,(H,24,28)/t23-/m1/s1. The van der Waals surface area contributed by atoms with Gasteiger partial charge in [-0.05, 0) is 74.2 Å². The number of nitrogens with zero attached hydrogens (tertiary/aromatic N) is 2. The third-order valence-corrected chi connectivity index (χ3v) is 7.02. The van der Waals surface area contributed by atoms with Gasteiger partial charge >= 0.3 is 6.03 Å². The summed E-state index contributed by atoms with van der Waals surface area (Å²) >= 11 is 1.57. The normalized spacial score (nSPS) is 23.1. The number of hydrogen-bond donors (Lipinski definition) is 1. The van der Waals surface area contributed by atoms with Crippen LogP contribution < -0.4 is 10.1 Å². The molecule has 0 unspecified atom stereocenters. The number of amides is 3. The smallest absolute Gasteiger partial charge is 0.325 e. The van der Waals surface area contributed by atoms with Crippen LogP contribution in [0.25, 0.3) is 0 Å². The summed E-state index contributed by atoms with van der Waals surface area (Å²) < 4.78 is 5.75. The first-order valence-corrected chi connectivity index (χ1v) is 11.5. The van der Waals surface area contributed by atoms with Crippen molar-refractivity contribution in [2.45, 2.75) is 45.3 Å². The molecular weight excluding hydrogens is 398 g/mol. The van der Waals surface area contributed by atoms with Gasteiger partial charge < -0.3 is 10.1 Å². The molecule has 30 heavy (non-hydrogen) atoms. The zero-order valence-electron chi connectivity index (χ0n) is 17.6. The van der Waals surface area contributed by atoms with Gasteiger partial charge in [-0.1, -0.05) is 18.2 Å². The fourth-order valence-electron chi connectivity index (χ4n) is 4.54. The first kappa shape index (κ1) is 20.9. The molecule has 0 radical (unpaired) electrons. The van der Waals surface area contributed by atoms with Crippen molar-refractivity contribution in [3.63, 3.8) is 0 Å². The highest BCUT2D eigenvalue weighted by Gasteiger charge is 2.52. The summed E-state index contributed by atoms with van der Waals surface area (Å²) in [5, 5.41) is 6.95. The Kier molecular flexibility index (Phi) is 6.11. The summed E-state index contributed by atoms with van der Waals surface area (Å²) in [4.78, 5) is 29.5. The minimum atomic E-state index is -0.817. The van der Waals surface area contributed by atoms with Crippen LogP contribution in [0.5, 0.6) is 5.75 Å². The van der Waals surface area contributed by atoms with E-state index in [4.69, 9.17) is 4.74 Å². The second kappa shape index (κ2) is 8.78. The minimum Gasteiger partial charge on any atom is -0.494 e. The summed E-state index contributed by atoms with van der Waals surface area (Å²) in [5.41, 5.74) is 1.37. The lowest BCUT2D eigenvalue weighted by Gasteiger charge is -2.39. The summed E-state index contributed by atoms with van der Waals surface area (Å²) in [5.74, 6) is 0.982. The summed E-state index contributed by atoms with van der Waals surface area (Å²) in [6, 6.07) is 9.85. The lowest BCUT2D eigenvalue weighted by atomic mass is 9.79. The second-order valence-electron chi connectivity index (χ2n) is 8.25. The number of urea groups is 1. The number of likely N-dealkylation sites (tertiary alicyclic amines) is 1. The Morgan fingerprint density at radius 1 is 1.17 bits per heavy atom. The maximum Gasteiger partial charge on any atom is 0.325 e. The van der Waals surface area contributed by atoms with Crippen molar-refractivity contribution in [1.82, 2.24) is 15.1 Å². The summed E-state index contributed by atoms with van der Waals surface area (Å²) in [6.45, 7) is 7.52. The zero-order valence-corrected chi connectivity index (χ0v) is 18.4. The van der Waals surface area contributed by atoms with Crippen LogP contribution in [-0.4, -0.2) is 47.0 Å². The maximum atomic E-state index is 13.2. The van der Waals surface area contributed by atoms with Gasteiger partial charge in [0.1, 0.15) is 11.3 Å². The van der Waals surface area contributed by atoms with E-state index >= 15 is 0 Å². The molecular formula is C23H29N3O3S. The number of hydrogen-bond acceptors (Lipinski definition) is 5. The predicted molar refractivity (Wildman–Crippen MR) is 117 cm³/mol. The Bertz CT molecular complexity index is 893. The fourth-order valence-corrected chi connectivity index (χ4v) is 5.20. The molecule has 1 atom stereocenters. The van der Waals surface area contributed by atoms with Crippen LogP contribution in [0.4, 0.5) is 4.79 Å². The van der Waals surface area contributed by atoms with Crippen LogP contribution in [0.1, 0.15) is 37.8 Å². The lowest BCUT2D eigenvalue weighted by molar-refractivity contribution is -0.133. The van der Waals surface area contributed by atoms with Gasteiger partial charge in [-0.2, -0.15) is 11.3 Å². The van der Waals surface area contributed by atoms with E-state index in [1.165, 1.54) is 10.5 Å². The van der Waals surface area contributed by atoms with Gasteiger partial charge in [0.15, 0.2) is 0 Å². The quantitative estimate of drug-likeness (QED) is 0.682. The van der Waals surface area contributed by atoms with Crippen LogP contribution in [0, 0.1) is 5.92 Å². The molecule has 6 nitrogen and oxygen atoms in total. The zero-order chi connectivity index (χ0) is 21.1. The molecule has 0 saturated carbocycles. The van der Waals surface area contributed by atoms with Gasteiger partial charge in [0.2, 0.25) is 0 Å². The van der Waals surface area contributed by atoms with Crippen molar-refractivity contribution in [3.8, 4) is 5.75 Å². The lowest BCUT2D eigenvalue weighted by Crippen LogP contribution is -2.53. The van der Waals surface area contributed by atoms with Crippen molar-refractivity contribution in [2.75, 3.05) is 19.7 Å². The highest BCUT2D eigenvalue weighted by atomic mass is 32.1. The van der Waals surface area contributed by atoms with Crippen LogP contribution >= 0.6 is 11.3 Å². The Morgan fingerprint density at radius 2 is 1.93 bits per heavy atom. The van der Waals surface area contributed by atoms with Crippen molar-refractivity contribution in [2.24, 2.45) is 5.92 Å². The first-order chi connectivity index (χ1) is 14.5. The molecule has 2 saturated heterocycles. The number of rotatable bonds is 7. The molecule has 3 amide bonds. The maximum absolute atomic E-state index is 13.2. The monoisotopic (exact) mass is 427 g/mol. The number of nitrogens with one attached hydrogen (secondary N) is 1. The Hall–Kier alpha value is -2.38. The highest BCUT2D eigenvalue weighted by Crippen LogP contribution is 2.35. The SMILES string of the molecule is CCOc1ccccc1CN1CCC([C@@]2(C)NC(=O)N(Cc3ccsc3)C2=O)CC1. The Labute approximate surface area is 181 Å². The van der Waals surface area contributed by atoms with Crippen molar-refractivity contribution in [1.29, 1.82) is 0 Å². The first-order valence-electron chi connectivity index (χ1n) is 10.6. The molecule has 0 aliphatic carbocycles. The predicted octanol–water partition coefficient (Wildman–Crippen LogP) is 3.87. The molecule has 4 rings (SSSR count). The summed E-state index contributed by atoms with van der Waals surface area (Å²) in [6.07, 6.45) is 1.76. The number of thiophene rings is 1. The van der Waals surface area contributed by atoms with Crippen LogP contribution in [-0.2, 0) is 17.9 Å². The van der Waals surface area contributed by atoms with Crippen LogP contribution in [0.15, 0.2) is 41.1 Å². The van der Waals surface area contributed by atoms with Gasteiger partial charge in [-0.25, -0.2) is 4.79 Å². The number of piperidine rings is 1. The highest BCUT2D eigenvalue weighted by molar-refractivity contribution is 7.07. The van der Waals surface area contributed by atoms with E-state index in [-0.39, 0.29) is 17.9 Å². The molecule has 0 spiro atoms. The van der Waals surface area contributed by atoms with E-state index in [1.54, 1.807) is 11.3 Å². The number of carbonyl (C=O) groups is 2. The van der Waals surface area contributed by atoms with Crippen molar-refractivity contribution >= 4 is 23.3 Å². The van der Waals surface area contributed by atoms with Crippen LogP contribution in [0.2, 0.25) is 0 Å². The topological polar surface area (TPSA) is 61.9 Å². The average Bonchev–Trinajstić information content (AvgIpc) is 3.33. The molecule has 7 heteroatoms. The van der Waals surface area contributed by atoms with E-state index in [1.807, 2.05) is 48.9 Å². The van der Waals surface area contributed by atoms with E-state index in [2.05, 4.69) is 16.3 Å². The number of para-hydroxylation sites is 1. The van der Waals surface area contributed by atoms with E-state index < -0.39 is 5.54 Å². The second-order valence-corrected chi connectivity index (χ2v) is 9.03. The van der Waals surface area contributed by atoms with Gasteiger partial charge in [0.25, 0.3) is 5.91 Å². The molecule has 2 aliphatic heterocycles. The number of imide groups is 1. The molecule has 2 aromatic rings. The fraction of sp³-hybridized carbons (Fsp3) is 0.478. The third kappa shape index (κ3) is 4.09. The van der Waals surface area contributed by atoms with Crippen molar-refractivity contribution in [3.05, 3.63) is 52.2 Å². The van der Waals surface area contributed by atoms with Gasteiger partial charge in [-0.15, -0.1) is 0 Å². The van der Waals surface area contributed by atoms with Crippen LogP contribution in [0.3, 0.4) is 0 Å². The molecule has 2 aliphatic rings. The average molecular weight is 428 g/mol. The Morgan fingerprint density at radius 3 is 2.63 bits per heavy atom. The number of carbonyl (C=O) groups excluding carboxylic acids is 2. The molecule has 1 N–H and O–H groups in total. The molecule has 3 heterocycles. The molecule has 1 aromatic heterocycles. The molecule has 2 fully saturated rings. The van der Waals surface area contributed by atoms with Gasteiger partial charge in [0, 0.05) is 12.1 Å². The Balaban J connectivity index is 1.38. The third-order valence-electron chi connectivity index (χ3n) is 6.29. The molecule has 1 aromatic carbocycles. The van der Waals surface area contributed by atoms with Crippen molar-refractivity contribution < 1.29 is 14.3 Å². The molecule has 160 valence electrons. The van der Waals surface area contributed by atoms with E-state index in [9.17, 15) is 9.59 Å². The largest absolute Gasteiger partial charge is 0.494 e. The van der Waals surface area contributed by atoms with E-state index in [0.717, 1.165) is 43.8 Å². The molecule has 0 bridgehead atoms. The minimum absolute atomic E-state index is 0.0983. The number of benzene rings is 1. The summed E-state index contributed by atoms with van der Waals surface area (Å²) in [7, 11) is 0. The van der Waals surface area contributed by atoms with Gasteiger partial charge in [-0.3, -0.25) is 14.6 Å². The van der Waals surface area contributed by atoms with Gasteiger partial charge in [0.05, 0.1) is 13.2 Å². The van der Waals surface area contributed by atoms with E-state index in [0.29, 0.717) is 13.2 Å². The number of ether oxygens (including phenoxy) is 1.